The summed E-state index contributed by atoms with van der Waals surface area (Å²) in [6, 6.07) is 10.4. The number of tetrazole rings is 1. The van der Waals surface area contributed by atoms with Crippen molar-refractivity contribution in [2.45, 2.75) is 18.7 Å². The Labute approximate surface area is 151 Å². The van der Waals surface area contributed by atoms with Crippen LogP contribution in [0.5, 0.6) is 0 Å². The first-order valence-electron chi connectivity index (χ1n) is 7.73. The van der Waals surface area contributed by atoms with Gasteiger partial charge in [-0.15, -0.1) is 10.2 Å². The number of aromatic amines is 1. The number of carbonyl (C=O) groups excluding carboxylic acids is 1. The molecule has 1 heterocycles. The van der Waals surface area contributed by atoms with Crippen LogP contribution in [0.25, 0.3) is 11.4 Å². The molecule has 3 aromatic rings. The number of hydrogen-bond donors (Lipinski definition) is 3. The van der Waals surface area contributed by atoms with E-state index in [2.05, 4.69) is 25.9 Å². The lowest BCUT2D eigenvalue weighted by Crippen LogP contribution is -2.37. The minimum Gasteiger partial charge on any atom is -0.376 e. The number of H-pyrrole nitrogens is 1. The first-order valence-corrected chi connectivity index (χ1v) is 7.73. The highest BCUT2D eigenvalue weighted by Gasteiger charge is 2.36. The van der Waals surface area contributed by atoms with Crippen LogP contribution in [-0.2, 0) is 16.6 Å². The Morgan fingerprint density at radius 2 is 1.78 bits per heavy atom. The number of benzene rings is 2. The summed E-state index contributed by atoms with van der Waals surface area (Å²) in [5.74, 6) is -0.502. The molecule has 0 spiro atoms. The van der Waals surface area contributed by atoms with E-state index in [1.807, 2.05) is 0 Å². The molecule has 0 saturated carbocycles. The number of alkyl halides is 3. The fraction of sp³-hybridized carbons (Fsp3) is 0.176. The lowest BCUT2D eigenvalue weighted by molar-refractivity contribution is -0.138. The molecule has 7 nitrogen and oxygen atoms in total. The molecule has 1 aromatic heterocycles. The monoisotopic (exact) mass is 377 g/mol. The topological polar surface area (TPSA) is 104 Å². The lowest BCUT2D eigenvalue weighted by Gasteiger charge is -2.23. The Morgan fingerprint density at radius 1 is 1.11 bits per heavy atom. The predicted molar refractivity (Wildman–Crippen MR) is 89.3 cm³/mol. The van der Waals surface area contributed by atoms with E-state index >= 15 is 0 Å². The molecule has 27 heavy (non-hydrogen) atoms. The Hall–Kier alpha value is -3.27. The van der Waals surface area contributed by atoms with Crippen LogP contribution in [0.3, 0.4) is 0 Å². The van der Waals surface area contributed by atoms with Crippen molar-refractivity contribution in [3.8, 4) is 11.4 Å². The molecule has 10 heteroatoms. The third kappa shape index (κ3) is 3.95. The van der Waals surface area contributed by atoms with E-state index in [1.165, 1.54) is 6.07 Å². The number of aliphatic hydroxyl groups is 1. The van der Waals surface area contributed by atoms with Crippen molar-refractivity contribution in [3.05, 3.63) is 59.7 Å². The van der Waals surface area contributed by atoms with Crippen LogP contribution in [0.4, 0.5) is 18.9 Å². The molecule has 1 atom stereocenters. The van der Waals surface area contributed by atoms with Gasteiger partial charge in [0.05, 0.1) is 5.56 Å². The minimum absolute atomic E-state index is 0.168. The predicted octanol–water partition coefficient (Wildman–Crippen LogP) is 2.73. The first-order chi connectivity index (χ1) is 12.7. The fourth-order valence-corrected chi connectivity index (χ4v) is 2.37. The highest BCUT2D eigenvalue weighted by molar-refractivity contribution is 5.97. The summed E-state index contributed by atoms with van der Waals surface area (Å²) in [4.78, 5) is 12.4. The fourth-order valence-electron chi connectivity index (χ4n) is 2.37. The highest BCUT2D eigenvalue weighted by atomic mass is 19.4. The van der Waals surface area contributed by atoms with Crippen molar-refractivity contribution in [2.75, 3.05) is 5.32 Å². The Balaban J connectivity index is 1.78. The zero-order valence-electron chi connectivity index (χ0n) is 13.9. The maximum absolute atomic E-state index is 12.9. The van der Waals surface area contributed by atoms with E-state index in [0.29, 0.717) is 17.1 Å². The molecule has 0 fully saturated rings. The zero-order chi connectivity index (χ0) is 19.7. The van der Waals surface area contributed by atoms with Gasteiger partial charge in [-0.3, -0.25) is 4.79 Å². The summed E-state index contributed by atoms with van der Waals surface area (Å²) in [7, 11) is 0. The van der Waals surface area contributed by atoms with Crippen LogP contribution in [0.2, 0.25) is 0 Å². The van der Waals surface area contributed by atoms with Crippen molar-refractivity contribution in [2.24, 2.45) is 0 Å². The molecule has 0 aliphatic carbocycles. The molecular formula is C17H14F3N5O2. The molecule has 3 rings (SSSR count). The number of amides is 1. The van der Waals surface area contributed by atoms with E-state index < -0.39 is 23.2 Å². The molecule has 2 aromatic carbocycles. The second-order valence-electron chi connectivity index (χ2n) is 5.92. The van der Waals surface area contributed by atoms with Gasteiger partial charge in [-0.25, -0.2) is 0 Å². The SMILES string of the molecule is CC(O)(C(=O)Nc1ccc(-c2nn[nH]n2)cc1)c1cccc(C(F)(F)F)c1. The highest BCUT2D eigenvalue weighted by Crippen LogP contribution is 2.32. The molecule has 0 radical (unpaired) electrons. The minimum atomic E-state index is -4.58. The van der Waals surface area contributed by atoms with Gasteiger partial charge in [0, 0.05) is 11.3 Å². The number of nitrogens with one attached hydrogen (secondary N) is 2. The van der Waals surface area contributed by atoms with Crippen molar-refractivity contribution in [3.63, 3.8) is 0 Å². The van der Waals surface area contributed by atoms with Gasteiger partial charge in [0.15, 0.2) is 5.60 Å². The third-order valence-electron chi connectivity index (χ3n) is 3.94. The van der Waals surface area contributed by atoms with Gasteiger partial charge in [0.1, 0.15) is 0 Å². The maximum Gasteiger partial charge on any atom is 0.416 e. The van der Waals surface area contributed by atoms with Gasteiger partial charge < -0.3 is 10.4 Å². The normalized spacial score (nSPS) is 13.8. The second kappa shape index (κ2) is 6.80. The van der Waals surface area contributed by atoms with Crippen molar-refractivity contribution >= 4 is 11.6 Å². The number of nitrogens with zero attached hydrogens (tertiary/aromatic N) is 3. The maximum atomic E-state index is 12.9. The Kier molecular flexibility index (Phi) is 4.66. The van der Waals surface area contributed by atoms with Gasteiger partial charge in [-0.05, 0) is 54.1 Å². The average Bonchev–Trinajstić information content (AvgIpc) is 3.16. The number of hydrogen-bond acceptors (Lipinski definition) is 5. The van der Waals surface area contributed by atoms with Crippen molar-refractivity contribution in [1.82, 2.24) is 20.6 Å². The number of halogens is 3. The van der Waals surface area contributed by atoms with Crippen molar-refractivity contribution in [1.29, 1.82) is 0 Å². The number of rotatable bonds is 4. The van der Waals surface area contributed by atoms with E-state index in [0.717, 1.165) is 25.1 Å². The number of anilines is 1. The van der Waals surface area contributed by atoms with Gasteiger partial charge in [-0.2, -0.15) is 18.4 Å². The van der Waals surface area contributed by atoms with Crippen LogP contribution < -0.4 is 5.32 Å². The molecule has 0 aliphatic heterocycles. The van der Waals surface area contributed by atoms with Crippen LogP contribution in [0.1, 0.15) is 18.1 Å². The smallest absolute Gasteiger partial charge is 0.376 e. The van der Waals surface area contributed by atoms with Crippen LogP contribution in [0.15, 0.2) is 48.5 Å². The Morgan fingerprint density at radius 3 is 2.37 bits per heavy atom. The third-order valence-corrected chi connectivity index (χ3v) is 3.94. The largest absolute Gasteiger partial charge is 0.416 e. The summed E-state index contributed by atoms with van der Waals surface area (Å²) in [6.45, 7) is 1.13. The molecule has 0 bridgehead atoms. The lowest BCUT2D eigenvalue weighted by atomic mass is 9.93. The van der Waals surface area contributed by atoms with Crippen LogP contribution in [-0.4, -0.2) is 31.6 Å². The van der Waals surface area contributed by atoms with Gasteiger partial charge in [0.25, 0.3) is 5.91 Å². The number of aromatic nitrogens is 4. The standard InChI is InChI=1S/C17H14F3N5O2/c1-16(27,11-3-2-4-12(9-11)17(18,19)20)15(26)21-13-7-5-10(6-8-13)14-22-24-25-23-14/h2-9,27H,1H3,(H,21,26)(H,22,23,24,25). The van der Waals surface area contributed by atoms with E-state index in [9.17, 15) is 23.1 Å². The molecule has 140 valence electrons. The summed E-state index contributed by atoms with van der Waals surface area (Å²) in [6.07, 6.45) is -4.58. The van der Waals surface area contributed by atoms with Crippen molar-refractivity contribution < 1.29 is 23.1 Å². The van der Waals surface area contributed by atoms with Crippen LogP contribution in [0, 0.1) is 0 Å². The van der Waals surface area contributed by atoms with Gasteiger partial charge >= 0.3 is 6.18 Å². The second-order valence-corrected chi connectivity index (χ2v) is 5.92. The van der Waals surface area contributed by atoms with Gasteiger partial charge in [-0.1, -0.05) is 12.1 Å². The summed E-state index contributed by atoms with van der Waals surface area (Å²) >= 11 is 0. The number of carbonyl (C=O) groups is 1. The first kappa shape index (κ1) is 18.5. The average molecular weight is 377 g/mol. The Bertz CT molecular complexity index is 938. The van der Waals surface area contributed by atoms with E-state index in [1.54, 1.807) is 24.3 Å². The molecule has 1 amide bonds. The summed E-state index contributed by atoms with van der Waals surface area (Å²) in [5.41, 5.74) is -2.28. The van der Waals surface area contributed by atoms with Gasteiger partial charge in [0.2, 0.25) is 5.82 Å². The quantitative estimate of drug-likeness (QED) is 0.649. The molecule has 1 unspecified atom stereocenters. The molecule has 3 N–H and O–H groups in total. The van der Waals surface area contributed by atoms with E-state index in [-0.39, 0.29) is 5.56 Å². The summed E-state index contributed by atoms with van der Waals surface area (Å²) < 4.78 is 38.6. The van der Waals surface area contributed by atoms with E-state index in [4.69, 9.17) is 0 Å². The molecular weight excluding hydrogens is 363 g/mol. The molecule has 0 saturated heterocycles. The molecule has 0 aliphatic rings. The summed E-state index contributed by atoms with van der Waals surface area (Å²) in [5, 5.41) is 26.4. The van der Waals surface area contributed by atoms with Crippen LogP contribution >= 0.6 is 0 Å². The zero-order valence-corrected chi connectivity index (χ0v) is 13.9.